The number of fused-ring (bicyclic) bond motifs is 1. The molecule has 98 valence electrons. The molecule has 0 spiro atoms. The topological polar surface area (TPSA) is 36.3 Å². The molecule has 4 nitrogen and oxygen atoms in total. The van der Waals surface area contributed by atoms with E-state index in [9.17, 15) is 0 Å². The van der Waals surface area contributed by atoms with Crippen LogP contribution in [-0.2, 0) is 18.2 Å². The summed E-state index contributed by atoms with van der Waals surface area (Å²) in [7, 11) is 3.61. The van der Waals surface area contributed by atoms with Gasteiger partial charge in [-0.3, -0.25) is 4.68 Å². The Morgan fingerprint density at radius 2 is 2.17 bits per heavy atom. The maximum Gasteiger partial charge on any atom is 0.147 e. The third-order valence-electron chi connectivity index (χ3n) is 2.95. The zero-order chi connectivity index (χ0) is 13.1. The van der Waals surface area contributed by atoms with Crippen LogP contribution in [0, 0.1) is 0 Å². The molecule has 0 amide bonds. The summed E-state index contributed by atoms with van der Waals surface area (Å²) in [6, 6.07) is 4.11. The van der Waals surface area contributed by atoms with E-state index in [-0.39, 0.29) is 6.10 Å². The number of aromatic nitrogens is 2. The van der Waals surface area contributed by atoms with E-state index >= 15 is 0 Å². The van der Waals surface area contributed by atoms with Gasteiger partial charge in [0, 0.05) is 25.7 Å². The van der Waals surface area contributed by atoms with Gasteiger partial charge in [0.25, 0.3) is 0 Å². The van der Waals surface area contributed by atoms with Crippen LogP contribution in [-0.4, -0.2) is 29.6 Å². The Bertz CT molecular complexity index is 534. The van der Waals surface area contributed by atoms with Crippen LogP contribution in [0.25, 0.3) is 10.9 Å². The SMILES string of the molecule is CCc1ccc(O[C@@H](C)COC)c2nn(C)cc12. The number of methoxy groups -OCH3 is 1. The summed E-state index contributed by atoms with van der Waals surface area (Å²) < 4.78 is 12.8. The van der Waals surface area contributed by atoms with Crippen LogP contribution < -0.4 is 4.74 Å². The van der Waals surface area contributed by atoms with Gasteiger partial charge in [-0.1, -0.05) is 13.0 Å². The average molecular weight is 248 g/mol. The number of nitrogens with zero attached hydrogens (tertiary/aromatic N) is 2. The van der Waals surface area contributed by atoms with Gasteiger partial charge >= 0.3 is 0 Å². The number of rotatable bonds is 5. The van der Waals surface area contributed by atoms with Gasteiger partial charge in [-0.15, -0.1) is 0 Å². The lowest BCUT2D eigenvalue weighted by Gasteiger charge is -2.14. The lowest BCUT2D eigenvalue weighted by Crippen LogP contribution is -2.18. The molecule has 4 heteroatoms. The summed E-state index contributed by atoms with van der Waals surface area (Å²) >= 11 is 0. The van der Waals surface area contributed by atoms with Gasteiger partial charge in [-0.25, -0.2) is 0 Å². The van der Waals surface area contributed by atoms with Crippen LogP contribution in [0.5, 0.6) is 5.75 Å². The standard InChI is InChI=1S/C14H20N2O2/c1-5-11-6-7-13(18-10(2)9-17-4)14-12(11)8-16(3)15-14/h6-8,10H,5,9H2,1-4H3/t10-/m0/s1. The van der Waals surface area contributed by atoms with Crippen LogP contribution in [0.1, 0.15) is 19.4 Å². The minimum absolute atomic E-state index is 0.0210. The van der Waals surface area contributed by atoms with Gasteiger partial charge in [0.2, 0.25) is 0 Å². The van der Waals surface area contributed by atoms with Crippen LogP contribution in [0.3, 0.4) is 0 Å². The smallest absolute Gasteiger partial charge is 0.147 e. The highest BCUT2D eigenvalue weighted by Gasteiger charge is 2.12. The van der Waals surface area contributed by atoms with Crippen molar-refractivity contribution in [1.29, 1.82) is 0 Å². The first-order valence-corrected chi connectivity index (χ1v) is 6.26. The quantitative estimate of drug-likeness (QED) is 0.816. The fourth-order valence-corrected chi connectivity index (χ4v) is 2.14. The fraction of sp³-hybridized carbons (Fsp3) is 0.500. The summed E-state index contributed by atoms with van der Waals surface area (Å²) in [5, 5.41) is 5.65. The van der Waals surface area contributed by atoms with E-state index < -0.39 is 0 Å². The summed E-state index contributed by atoms with van der Waals surface area (Å²) in [6.45, 7) is 4.71. The molecule has 0 aliphatic heterocycles. The number of benzene rings is 1. The number of aryl methyl sites for hydroxylation is 2. The van der Waals surface area contributed by atoms with Crippen molar-refractivity contribution in [2.45, 2.75) is 26.4 Å². The molecular formula is C14H20N2O2. The third-order valence-corrected chi connectivity index (χ3v) is 2.95. The maximum atomic E-state index is 5.88. The molecule has 0 fully saturated rings. The molecule has 0 aliphatic rings. The van der Waals surface area contributed by atoms with Crippen LogP contribution in [0.2, 0.25) is 0 Å². The van der Waals surface area contributed by atoms with Crippen LogP contribution >= 0.6 is 0 Å². The largest absolute Gasteiger partial charge is 0.486 e. The molecule has 2 aromatic rings. The highest BCUT2D eigenvalue weighted by molar-refractivity contribution is 5.87. The molecule has 0 bridgehead atoms. The lowest BCUT2D eigenvalue weighted by atomic mass is 10.1. The molecule has 0 radical (unpaired) electrons. The van der Waals surface area contributed by atoms with Crippen molar-refractivity contribution in [3.63, 3.8) is 0 Å². The second-order valence-electron chi connectivity index (χ2n) is 4.53. The number of ether oxygens (including phenoxy) is 2. The van der Waals surface area contributed by atoms with Gasteiger partial charge in [0.15, 0.2) is 0 Å². The van der Waals surface area contributed by atoms with Crippen molar-refractivity contribution < 1.29 is 9.47 Å². The Morgan fingerprint density at radius 1 is 1.39 bits per heavy atom. The maximum absolute atomic E-state index is 5.88. The highest BCUT2D eigenvalue weighted by Crippen LogP contribution is 2.28. The van der Waals surface area contributed by atoms with Gasteiger partial charge in [0.05, 0.1) is 6.61 Å². The lowest BCUT2D eigenvalue weighted by molar-refractivity contribution is 0.0929. The first-order valence-electron chi connectivity index (χ1n) is 6.26. The monoisotopic (exact) mass is 248 g/mol. The predicted molar refractivity (Wildman–Crippen MR) is 72.1 cm³/mol. The van der Waals surface area contributed by atoms with E-state index in [4.69, 9.17) is 9.47 Å². The van der Waals surface area contributed by atoms with Gasteiger partial charge in [-0.05, 0) is 25.0 Å². The molecule has 1 aromatic heterocycles. The fourth-order valence-electron chi connectivity index (χ4n) is 2.14. The zero-order valence-electron chi connectivity index (χ0n) is 11.4. The molecule has 0 saturated carbocycles. The Morgan fingerprint density at radius 3 is 2.83 bits per heavy atom. The predicted octanol–water partition coefficient (Wildman–Crippen LogP) is 2.55. The first kappa shape index (κ1) is 12.9. The summed E-state index contributed by atoms with van der Waals surface area (Å²) in [5.74, 6) is 0.826. The summed E-state index contributed by atoms with van der Waals surface area (Å²) in [4.78, 5) is 0. The summed E-state index contributed by atoms with van der Waals surface area (Å²) in [5.41, 5.74) is 2.23. The molecule has 2 rings (SSSR count). The Balaban J connectivity index is 2.39. The third kappa shape index (κ3) is 2.48. The first-order chi connectivity index (χ1) is 8.65. The van der Waals surface area contributed by atoms with Gasteiger partial charge in [0.1, 0.15) is 17.4 Å². The molecule has 1 atom stereocenters. The molecule has 0 aliphatic carbocycles. The van der Waals surface area contributed by atoms with Crippen LogP contribution in [0.15, 0.2) is 18.3 Å². The Hall–Kier alpha value is -1.55. The zero-order valence-corrected chi connectivity index (χ0v) is 11.4. The van der Waals surface area contributed by atoms with Crippen molar-refractivity contribution in [1.82, 2.24) is 9.78 Å². The van der Waals surface area contributed by atoms with E-state index in [1.165, 1.54) is 10.9 Å². The number of hydrogen-bond donors (Lipinski definition) is 0. The van der Waals surface area contributed by atoms with Gasteiger partial charge in [-0.2, -0.15) is 5.10 Å². The molecule has 1 aromatic carbocycles. The Labute approximate surface area is 108 Å². The van der Waals surface area contributed by atoms with Crippen LogP contribution in [0.4, 0.5) is 0 Å². The minimum atomic E-state index is 0.0210. The second-order valence-corrected chi connectivity index (χ2v) is 4.53. The molecular weight excluding hydrogens is 228 g/mol. The molecule has 18 heavy (non-hydrogen) atoms. The Kier molecular flexibility index (Phi) is 3.87. The normalized spacial score (nSPS) is 12.9. The highest BCUT2D eigenvalue weighted by atomic mass is 16.5. The summed E-state index contributed by atoms with van der Waals surface area (Å²) in [6.07, 6.45) is 3.06. The number of hydrogen-bond acceptors (Lipinski definition) is 3. The van der Waals surface area contributed by atoms with Crippen molar-refractivity contribution in [2.24, 2.45) is 7.05 Å². The van der Waals surface area contributed by atoms with Crippen molar-refractivity contribution in [3.05, 3.63) is 23.9 Å². The van der Waals surface area contributed by atoms with Gasteiger partial charge < -0.3 is 9.47 Å². The average Bonchev–Trinajstić information content (AvgIpc) is 2.72. The second kappa shape index (κ2) is 5.40. The molecule has 0 unspecified atom stereocenters. The van der Waals surface area contributed by atoms with Crippen molar-refractivity contribution in [3.8, 4) is 5.75 Å². The van der Waals surface area contributed by atoms with Crippen molar-refractivity contribution in [2.75, 3.05) is 13.7 Å². The molecule has 0 saturated heterocycles. The van der Waals surface area contributed by atoms with E-state index in [1.54, 1.807) is 7.11 Å². The van der Waals surface area contributed by atoms with E-state index in [0.717, 1.165) is 17.7 Å². The van der Waals surface area contributed by atoms with Crippen molar-refractivity contribution >= 4 is 10.9 Å². The minimum Gasteiger partial charge on any atom is -0.486 e. The van der Waals surface area contributed by atoms with E-state index in [2.05, 4.69) is 18.1 Å². The molecule has 0 N–H and O–H groups in total. The molecule has 1 heterocycles. The van der Waals surface area contributed by atoms with E-state index in [0.29, 0.717) is 6.61 Å². The van der Waals surface area contributed by atoms with E-state index in [1.807, 2.05) is 30.9 Å².